The molecule has 2 unspecified atom stereocenters. The third kappa shape index (κ3) is 1.55. The molecule has 1 nitrogen and oxygen atoms in total. The van der Waals surface area contributed by atoms with Crippen molar-refractivity contribution in [3.63, 3.8) is 0 Å². The zero-order valence-corrected chi connectivity index (χ0v) is 9.56. The van der Waals surface area contributed by atoms with Crippen LogP contribution in [0.3, 0.4) is 0 Å². The third-order valence-electron chi connectivity index (χ3n) is 2.36. The molecule has 1 aromatic carbocycles. The Bertz CT molecular complexity index is 351. The highest BCUT2D eigenvalue weighted by molar-refractivity contribution is 9.10. The van der Waals surface area contributed by atoms with Crippen molar-refractivity contribution >= 4 is 34.0 Å². The first-order chi connectivity index (χ1) is 6.22. The maximum absolute atomic E-state index is 10.7. The molecule has 1 aliphatic rings. The summed E-state index contributed by atoms with van der Waals surface area (Å²) in [4.78, 5) is 12.0. The lowest BCUT2D eigenvalue weighted by atomic mass is 9.99. The highest BCUT2D eigenvalue weighted by atomic mass is 79.9. The number of carbonyl (C=O) groups excluding carboxylic acids is 1. The van der Waals surface area contributed by atoms with Crippen molar-refractivity contribution in [3.8, 4) is 0 Å². The van der Waals surface area contributed by atoms with E-state index in [0.717, 1.165) is 10.8 Å². The van der Waals surface area contributed by atoms with Gasteiger partial charge in [0, 0.05) is 15.3 Å². The second-order valence-electron chi connectivity index (χ2n) is 3.19. The van der Waals surface area contributed by atoms with Gasteiger partial charge in [-0.15, -0.1) is 11.8 Å². The maximum atomic E-state index is 10.7. The fraction of sp³-hybridized carbons (Fsp3) is 0.300. The maximum Gasteiger partial charge on any atom is 0.133 e. The van der Waals surface area contributed by atoms with E-state index < -0.39 is 0 Å². The second kappa shape index (κ2) is 3.46. The van der Waals surface area contributed by atoms with Crippen LogP contribution >= 0.6 is 27.7 Å². The molecule has 0 bridgehead atoms. The molecule has 0 spiro atoms. The molecule has 1 heterocycles. The topological polar surface area (TPSA) is 17.1 Å². The summed E-state index contributed by atoms with van der Waals surface area (Å²) in [5.41, 5.74) is 1.30. The number of thioether (sulfide) groups is 1. The quantitative estimate of drug-likeness (QED) is 0.718. The minimum Gasteiger partial charge on any atom is -0.302 e. The highest BCUT2D eigenvalue weighted by Gasteiger charge is 2.29. The number of carbonyl (C=O) groups is 1. The predicted molar refractivity (Wildman–Crippen MR) is 58.3 cm³/mol. The lowest BCUT2D eigenvalue weighted by molar-refractivity contribution is -0.107. The van der Waals surface area contributed by atoms with Gasteiger partial charge in [-0.3, -0.25) is 0 Å². The van der Waals surface area contributed by atoms with Crippen molar-refractivity contribution in [3.05, 3.63) is 28.2 Å². The smallest absolute Gasteiger partial charge is 0.133 e. The van der Waals surface area contributed by atoms with Gasteiger partial charge in [-0.2, -0.15) is 0 Å². The number of halogens is 1. The predicted octanol–water partition coefficient (Wildman–Crippen LogP) is 3.23. The standard InChI is InChI=1S/C10H9BrOS/c1-6-8-3-2-7(11)4-9(8)13-10(6)5-12/h2-6,10H,1H3. The van der Waals surface area contributed by atoms with Gasteiger partial charge in [0.25, 0.3) is 0 Å². The summed E-state index contributed by atoms with van der Waals surface area (Å²) in [5.74, 6) is 0.352. The van der Waals surface area contributed by atoms with Gasteiger partial charge in [0.15, 0.2) is 0 Å². The summed E-state index contributed by atoms with van der Waals surface area (Å²) in [5, 5.41) is 0.101. The molecule has 0 saturated carbocycles. The van der Waals surface area contributed by atoms with Crippen LogP contribution in [0.4, 0.5) is 0 Å². The fourth-order valence-electron chi connectivity index (χ4n) is 1.56. The summed E-state index contributed by atoms with van der Waals surface area (Å²) in [6.07, 6.45) is 1.04. The van der Waals surface area contributed by atoms with E-state index in [1.807, 2.05) is 6.07 Å². The van der Waals surface area contributed by atoms with Crippen LogP contribution in [-0.2, 0) is 4.79 Å². The average molecular weight is 257 g/mol. The largest absolute Gasteiger partial charge is 0.302 e. The molecular formula is C10H9BrOS. The van der Waals surface area contributed by atoms with Gasteiger partial charge in [-0.1, -0.05) is 28.9 Å². The number of fused-ring (bicyclic) bond motifs is 1. The van der Waals surface area contributed by atoms with Crippen LogP contribution in [0.15, 0.2) is 27.6 Å². The molecule has 1 aliphatic heterocycles. The van der Waals surface area contributed by atoms with Gasteiger partial charge in [-0.05, 0) is 17.7 Å². The van der Waals surface area contributed by atoms with Crippen molar-refractivity contribution in [1.82, 2.24) is 0 Å². The van der Waals surface area contributed by atoms with E-state index in [2.05, 4.69) is 35.0 Å². The Labute approximate surface area is 90.0 Å². The average Bonchev–Trinajstić information content (AvgIpc) is 2.42. The Hall–Kier alpha value is -0.280. The fourth-order valence-corrected chi connectivity index (χ4v) is 3.35. The van der Waals surface area contributed by atoms with Gasteiger partial charge < -0.3 is 4.79 Å². The summed E-state index contributed by atoms with van der Waals surface area (Å²) >= 11 is 5.09. The van der Waals surface area contributed by atoms with E-state index in [1.54, 1.807) is 11.8 Å². The Morgan fingerprint density at radius 3 is 3.00 bits per heavy atom. The van der Waals surface area contributed by atoms with Gasteiger partial charge in [0.05, 0.1) is 5.25 Å². The molecule has 0 aliphatic carbocycles. The number of hydrogen-bond donors (Lipinski definition) is 0. The summed E-state index contributed by atoms with van der Waals surface area (Å²) in [6.45, 7) is 2.10. The number of aldehydes is 1. The lowest BCUT2D eigenvalue weighted by Gasteiger charge is -2.06. The Kier molecular flexibility index (Phi) is 2.47. The highest BCUT2D eigenvalue weighted by Crippen LogP contribution is 2.45. The normalized spacial score (nSPS) is 25.7. The third-order valence-corrected chi connectivity index (χ3v) is 4.25. The molecule has 2 rings (SSSR count). The minimum atomic E-state index is 0.101. The van der Waals surface area contributed by atoms with E-state index in [1.165, 1.54) is 10.5 Å². The van der Waals surface area contributed by atoms with Crippen molar-refractivity contribution in [2.75, 3.05) is 0 Å². The van der Waals surface area contributed by atoms with Crippen LogP contribution in [0.2, 0.25) is 0 Å². The zero-order chi connectivity index (χ0) is 9.42. The van der Waals surface area contributed by atoms with Crippen LogP contribution in [0.5, 0.6) is 0 Å². The van der Waals surface area contributed by atoms with Gasteiger partial charge in [-0.25, -0.2) is 0 Å². The Morgan fingerprint density at radius 1 is 1.54 bits per heavy atom. The first-order valence-electron chi connectivity index (χ1n) is 4.14. The molecule has 0 N–H and O–H groups in total. The molecule has 0 fully saturated rings. The summed E-state index contributed by atoms with van der Waals surface area (Å²) in [7, 11) is 0. The van der Waals surface area contributed by atoms with Crippen molar-refractivity contribution in [2.24, 2.45) is 0 Å². The SMILES string of the molecule is CC1c2ccc(Br)cc2SC1C=O. The van der Waals surface area contributed by atoms with E-state index in [0.29, 0.717) is 5.92 Å². The van der Waals surface area contributed by atoms with Gasteiger partial charge in [0.1, 0.15) is 6.29 Å². The van der Waals surface area contributed by atoms with Gasteiger partial charge >= 0.3 is 0 Å². The van der Waals surface area contributed by atoms with Crippen LogP contribution in [-0.4, -0.2) is 11.5 Å². The van der Waals surface area contributed by atoms with E-state index in [9.17, 15) is 4.79 Å². The molecule has 0 radical (unpaired) electrons. The monoisotopic (exact) mass is 256 g/mol. The molecule has 0 amide bonds. The molecular weight excluding hydrogens is 248 g/mol. The number of hydrogen-bond acceptors (Lipinski definition) is 2. The zero-order valence-electron chi connectivity index (χ0n) is 7.16. The molecule has 68 valence electrons. The second-order valence-corrected chi connectivity index (χ2v) is 5.32. The first-order valence-corrected chi connectivity index (χ1v) is 5.81. The molecule has 0 aromatic heterocycles. The van der Waals surface area contributed by atoms with Crippen LogP contribution in [0.25, 0.3) is 0 Å². The summed E-state index contributed by atoms with van der Waals surface area (Å²) in [6, 6.07) is 6.21. The molecule has 2 atom stereocenters. The number of rotatable bonds is 1. The Balaban J connectivity index is 2.43. The van der Waals surface area contributed by atoms with E-state index >= 15 is 0 Å². The number of benzene rings is 1. The van der Waals surface area contributed by atoms with Crippen molar-refractivity contribution < 1.29 is 4.79 Å². The summed E-state index contributed by atoms with van der Waals surface area (Å²) < 4.78 is 1.08. The Morgan fingerprint density at radius 2 is 2.31 bits per heavy atom. The first kappa shape index (κ1) is 9.28. The molecule has 3 heteroatoms. The molecule has 0 saturated heterocycles. The molecule has 13 heavy (non-hydrogen) atoms. The van der Waals surface area contributed by atoms with Crippen molar-refractivity contribution in [2.45, 2.75) is 23.0 Å². The van der Waals surface area contributed by atoms with E-state index in [4.69, 9.17) is 0 Å². The van der Waals surface area contributed by atoms with E-state index in [-0.39, 0.29) is 5.25 Å². The van der Waals surface area contributed by atoms with Crippen molar-refractivity contribution in [1.29, 1.82) is 0 Å². The lowest BCUT2D eigenvalue weighted by Crippen LogP contribution is -2.07. The molecule has 1 aromatic rings. The van der Waals surface area contributed by atoms with Crippen LogP contribution in [0, 0.1) is 0 Å². The van der Waals surface area contributed by atoms with Gasteiger partial charge in [0.2, 0.25) is 0 Å². The minimum absolute atomic E-state index is 0.101. The van der Waals surface area contributed by atoms with Crippen LogP contribution in [0.1, 0.15) is 18.4 Å². The van der Waals surface area contributed by atoms with Crippen LogP contribution < -0.4 is 0 Å².